The topological polar surface area (TPSA) is 62.3 Å². The molecule has 0 bridgehead atoms. The highest BCUT2D eigenvalue weighted by atomic mass is 32.2. The van der Waals surface area contributed by atoms with Crippen molar-refractivity contribution in [3.63, 3.8) is 0 Å². The lowest BCUT2D eigenvalue weighted by atomic mass is 10.2. The summed E-state index contributed by atoms with van der Waals surface area (Å²) in [6.45, 7) is 2.41. The molecule has 0 spiro atoms. The summed E-state index contributed by atoms with van der Waals surface area (Å²) in [6, 6.07) is 10.9. The van der Waals surface area contributed by atoms with Gasteiger partial charge < -0.3 is 4.90 Å². The largest absolute Gasteiger partial charge is 0.323 e. The number of rotatable bonds is 4. The number of hydrogen-bond acceptors (Lipinski definition) is 3. The van der Waals surface area contributed by atoms with Crippen LogP contribution in [0, 0.1) is 6.92 Å². The zero-order valence-electron chi connectivity index (χ0n) is 12.9. The van der Waals surface area contributed by atoms with Gasteiger partial charge in [-0.05, 0) is 42.3 Å². The lowest BCUT2D eigenvalue weighted by Crippen LogP contribution is -2.31. The smallest absolute Gasteiger partial charge is 0.323 e. The molecule has 5 nitrogen and oxygen atoms in total. The highest BCUT2D eigenvalue weighted by Gasteiger charge is 2.10. The summed E-state index contributed by atoms with van der Waals surface area (Å²) in [5.74, 6) is 0.536. The number of urea groups is 1. The zero-order chi connectivity index (χ0) is 16.1. The van der Waals surface area contributed by atoms with E-state index in [4.69, 9.17) is 0 Å². The number of carbonyl (C=O) groups is 1. The van der Waals surface area contributed by atoms with Crippen LogP contribution in [0.2, 0.25) is 0 Å². The van der Waals surface area contributed by atoms with Crippen LogP contribution >= 0.6 is 0 Å². The van der Waals surface area contributed by atoms with Crippen molar-refractivity contribution in [1.29, 1.82) is 0 Å². The summed E-state index contributed by atoms with van der Waals surface area (Å²) in [7, 11) is 0.731. The molecule has 0 fully saturated rings. The van der Waals surface area contributed by atoms with Gasteiger partial charge in [0, 0.05) is 41.7 Å². The van der Waals surface area contributed by atoms with E-state index in [0.717, 1.165) is 16.0 Å². The number of nitrogens with one attached hydrogen (secondary N) is 1. The Morgan fingerprint density at radius 2 is 1.95 bits per heavy atom. The Kier molecular flexibility index (Phi) is 5.27. The molecule has 0 aliphatic rings. The van der Waals surface area contributed by atoms with Crippen LogP contribution in [0.1, 0.15) is 11.1 Å². The Labute approximate surface area is 132 Å². The summed E-state index contributed by atoms with van der Waals surface area (Å²) in [5, 5.41) is 2.76. The number of hydrogen-bond donors (Lipinski definition) is 1. The van der Waals surface area contributed by atoms with Gasteiger partial charge in [0.15, 0.2) is 0 Å². The van der Waals surface area contributed by atoms with Gasteiger partial charge in [0.05, 0.1) is 0 Å². The van der Waals surface area contributed by atoms with Gasteiger partial charge in [-0.2, -0.15) is 0 Å². The Balaban J connectivity index is 1.97. The predicted octanol–water partition coefficient (Wildman–Crippen LogP) is 2.79. The molecule has 0 unspecified atom stereocenters. The maximum atomic E-state index is 12.1. The second kappa shape index (κ2) is 7.17. The second-order valence-corrected chi connectivity index (χ2v) is 6.48. The minimum atomic E-state index is -0.989. The Bertz CT molecular complexity index is 686. The molecule has 1 N–H and O–H groups in total. The molecule has 0 aliphatic carbocycles. The SMILES string of the molecule is Cc1ccnc(NC(=O)N(C)Cc2ccc([S@@](C)=O)cc2)c1. The Hall–Kier alpha value is -2.21. The van der Waals surface area contributed by atoms with Crippen molar-refractivity contribution in [2.75, 3.05) is 18.6 Å². The maximum Gasteiger partial charge on any atom is 0.323 e. The van der Waals surface area contributed by atoms with Gasteiger partial charge in [0.1, 0.15) is 5.82 Å². The zero-order valence-corrected chi connectivity index (χ0v) is 13.7. The highest BCUT2D eigenvalue weighted by Crippen LogP contribution is 2.11. The first-order valence-corrected chi connectivity index (χ1v) is 8.38. The molecular weight excluding hydrogens is 298 g/mol. The van der Waals surface area contributed by atoms with Crippen LogP contribution in [0.25, 0.3) is 0 Å². The Morgan fingerprint density at radius 3 is 2.55 bits per heavy atom. The molecule has 2 amide bonds. The number of aromatic nitrogens is 1. The third kappa shape index (κ3) is 4.39. The fourth-order valence-corrected chi connectivity index (χ4v) is 2.46. The van der Waals surface area contributed by atoms with Crippen molar-refractivity contribution < 1.29 is 9.00 Å². The third-order valence-electron chi connectivity index (χ3n) is 3.17. The number of anilines is 1. The number of benzene rings is 1. The molecule has 0 saturated carbocycles. The normalized spacial score (nSPS) is 11.8. The first-order valence-electron chi connectivity index (χ1n) is 6.83. The van der Waals surface area contributed by atoms with Gasteiger partial charge in [0.2, 0.25) is 0 Å². The minimum Gasteiger partial charge on any atom is -0.323 e. The van der Waals surface area contributed by atoms with Gasteiger partial charge >= 0.3 is 6.03 Å². The number of pyridine rings is 1. The van der Waals surface area contributed by atoms with E-state index < -0.39 is 10.8 Å². The molecule has 2 rings (SSSR count). The van der Waals surface area contributed by atoms with Crippen LogP contribution in [-0.2, 0) is 17.3 Å². The summed E-state index contributed by atoms with van der Waals surface area (Å²) < 4.78 is 11.3. The fourth-order valence-electron chi connectivity index (χ4n) is 1.94. The van der Waals surface area contributed by atoms with E-state index in [1.165, 1.54) is 0 Å². The van der Waals surface area contributed by atoms with Gasteiger partial charge in [-0.25, -0.2) is 9.78 Å². The van der Waals surface area contributed by atoms with E-state index >= 15 is 0 Å². The first-order chi connectivity index (χ1) is 10.5. The Morgan fingerprint density at radius 1 is 1.27 bits per heavy atom. The van der Waals surface area contributed by atoms with Crippen molar-refractivity contribution in [3.05, 3.63) is 53.7 Å². The van der Waals surface area contributed by atoms with E-state index in [1.807, 2.05) is 43.3 Å². The van der Waals surface area contributed by atoms with Crippen LogP contribution in [0.3, 0.4) is 0 Å². The van der Waals surface area contributed by atoms with Crippen LogP contribution < -0.4 is 5.32 Å². The predicted molar refractivity (Wildman–Crippen MR) is 88.2 cm³/mol. The van der Waals surface area contributed by atoms with Gasteiger partial charge in [0.25, 0.3) is 0 Å². The standard InChI is InChI=1S/C16H19N3O2S/c1-12-8-9-17-15(10-12)18-16(20)19(2)11-13-4-6-14(7-5-13)22(3)21/h4-10H,11H2,1-3H3,(H,17,18,20)/t22-/m1/s1. The molecule has 22 heavy (non-hydrogen) atoms. The molecular formula is C16H19N3O2S. The average Bonchev–Trinajstić information content (AvgIpc) is 2.47. The second-order valence-electron chi connectivity index (χ2n) is 5.10. The van der Waals surface area contributed by atoms with Crippen LogP contribution in [0.15, 0.2) is 47.5 Å². The molecule has 116 valence electrons. The molecule has 2 aromatic rings. The number of nitrogens with zero attached hydrogens (tertiary/aromatic N) is 2. The molecule has 1 heterocycles. The summed E-state index contributed by atoms with van der Waals surface area (Å²) in [4.78, 5) is 18.6. The van der Waals surface area contributed by atoms with E-state index in [0.29, 0.717) is 12.4 Å². The van der Waals surface area contributed by atoms with E-state index in [1.54, 1.807) is 24.4 Å². The molecule has 1 aromatic heterocycles. The van der Waals surface area contributed by atoms with E-state index in [-0.39, 0.29) is 6.03 Å². The van der Waals surface area contributed by atoms with E-state index in [2.05, 4.69) is 10.3 Å². The summed E-state index contributed by atoms with van der Waals surface area (Å²) in [5.41, 5.74) is 2.01. The lowest BCUT2D eigenvalue weighted by molar-refractivity contribution is 0.220. The van der Waals surface area contributed by atoms with Crippen molar-refractivity contribution in [2.45, 2.75) is 18.4 Å². The number of aryl methyl sites for hydroxylation is 1. The van der Waals surface area contributed by atoms with Crippen LogP contribution in [0.5, 0.6) is 0 Å². The monoisotopic (exact) mass is 317 g/mol. The maximum absolute atomic E-state index is 12.1. The third-order valence-corrected chi connectivity index (χ3v) is 4.11. The van der Waals surface area contributed by atoms with Crippen molar-refractivity contribution in [3.8, 4) is 0 Å². The molecule has 0 radical (unpaired) electrons. The van der Waals surface area contributed by atoms with Crippen molar-refractivity contribution in [1.82, 2.24) is 9.88 Å². The quantitative estimate of drug-likeness (QED) is 0.943. The highest BCUT2D eigenvalue weighted by molar-refractivity contribution is 7.84. The molecule has 6 heteroatoms. The average molecular weight is 317 g/mol. The molecule has 0 saturated heterocycles. The van der Waals surface area contributed by atoms with Crippen molar-refractivity contribution in [2.24, 2.45) is 0 Å². The molecule has 1 aromatic carbocycles. The van der Waals surface area contributed by atoms with E-state index in [9.17, 15) is 9.00 Å². The van der Waals surface area contributed by atoms with Crippen LogP contribution in [0.4, 0.5) is 10.6 Å². The summed E-state index contributed by atoms with van der Waals surface area (Å²) >= 11 is 0. The van der Waals surface area contributed by atoms with Crippen LogP contribution in [-0.4, -0.2) is 33.4 Å². The number of carbonyl (C=O) groups excluding carboxylic acids is 1. The number of amides is 2. The minimum absolute atomic E-state index is 0.221. The summed E-state index contributed by atoms with van der Waals surface area (Å²) in [6.07, 6.45) is 3.30. The molecule has 1 atom stereocenters. The van der Waals surface area contributed by atoms with Gasteiger partial charge in [-0.1, -0.05) is 12.1 Å². The van der Waals surface area contributed by atoms with Crippen molar-refractivity contribution >= 4 is 22.6 Å². The lowest BCUT2D eigenvalue weighted by Gasteiger charge is -2.18. The first kappa shape index (κ1) is 16.2. The van der Waals surface area contributed by atoms with Gasteiger partial charge in [-0.15, -0.1) is 0 Å². The molecule has 0 aliphatic heterocycles. The van der Waals surface area contributed by atoms with Gasteiger partial charge in [-0.3, -0.25) is 9.53 Å². The fraction of sp³-hybridized carbons (Fsp3) is 0.250.